The minimum atomic E-state index is -4.56. The molecule has 3 rings (SSSR count). The van der Waals surface area contributed by atoms with E-state index in [1.165, 1.54) is 19.3 Å². The van der Waals surface area contributed by atoms with Gasteiger partial charge < -0.3 is 20.7 Å². The number of anilines is 2. The van der Waals surface area contributed by atoms with Crippen molar-refractivity contribution in [3.05, 3.63) is 72.3 Å². The number of alkyl halides is 3. The molecule has 160 valence electrons. The number of urea groups is 1. The van der Waals surface area contributed by atoms with Crippen molar-refractivity contribution in [3.63, 3.8) is 0 Å². The Balaban J connectivity index is 1.61. The lowest BCUT2D eigenvalue weighted by Gasteiger charge is -2.11. The van der Waals surface area contributed by atoms with Crippen molar-refractivity contribution in [3.8, 4) is 11.5 Å². The third kappa shape index (κ3) is 5.92. The number of pyridine rings is 2. The van der Waals surface area contributed by atoms with Gasteiger partial charge in [0.1, 0.15) is 17.2 Å². The molecule has 0 fully saturated rings. The van der Waals surface area contributed by atoms with Crippen molar-refractivity contribution in [2.45, 2.75) is 6.18 Å². The van der Waals surface area contributed by atoms with Crippen molar-refractivity contribution in [2.75, 3.05) is 17.7 Å². The lowest BCUT2D eigenvalue weighted by molar-refractivity contribution is -0.137. The Labute approximate surface area is 174 Å². The Morgan fingerprint density at radius 1 is 0.935 bits per heavy atom. The van der Waals surface area contributed by atoms with Crippen LogP contribution in [0, 0.1) is 0 Å². The normalized spacial score (nSPS) is 10.8. The highest BCUT2D eigenvalue weighted by atomic mass is 19.4. The molecule has 3 N–H and O–H groups in total. The molecule has 8 nitrogen and oxygen atoms in total. The number of carbonyl (C=O) groups excluding carboxylic acids is 2. The van der Waals surface area contributed by atoms with Crippen molar-refractivity contribution >= 4 is 23.3 Å². The standard InChI is InChI=1S/C20H16F3N5O3/c1-24-18(29)17-9-16(6-7-26-17)31-15-4-2-13(3-5-15)27-19(30)28-14-8-12(10-25-11-14)20(21,22)23/h2-11H,1H3,(H,24,29)(H2,27,28,30). The Morgan fingerprint density at radius 2 is 1.65 bits per heavy atom. The summed E-state index contributed by atoms with van der Waals surface area (Å²) in [6, 6.07) is 9.32. The van der Waals surface area contributed by atoms with Gasteiger partial charge in [0.25, 0.3) is 5.91 Å². The van der Waals surface area contributed by atoms with Crippen molar-refractivity contribution in [1.29, 1.82) is 0 Å². The third-order valence-electron chi connectivity index (χ3n) is 3.86. The number of nitrogens with one attached hydrogen (secondary N) is 3. The Bertz CT molecular complexity index is 1090. The third-order valence-corrected chi connectivity index (χ3v) is 3.86. The van der Waals surface area contributed by atoms with Gasteiger partial charge in [0, 0.05) is 31.2 Å². The van der Waals surface area contributed by atoms with Gasteiger partial charge in [-0.25, -0.2) is 4.79 Å². The number of carbonyl (C=O) groups is 2. The van der Waals surface area contributed by atoms with E-state index in [1.807, 2.05) is 0 Å². The van der Waals surface area contributed by atoms with Crippen LogP contribution >= 0.6 is 0 Å². The van der Waals surface area contributed by atoms with Crippen LogP contribution in [0.3, 0.4) is 0 Å². The quantitative estimate of drug-likeness (QED) is 0.559. The maximum atomic E-state index is 12.7. The first-order chi connectivity index (χ1) is 14.7. The van der Waals surface area contributed by atoms with Crippen LogP contribution in [-0.4, -0.2) is 29.0 Å². The molecule has 3 amide bonds. The van der Waals surface area contributed by atoms with E-state index in [9.17, 15) is 22.8 Å². The van der Waals surface area contributed by atoms with Crippen LogP contribution in [0.1, 0.15) is 16.1 Å². The van der Waals surface area contributed by atoms with Gasteiger partial charge in [0.05, 0.1) is 17.4 Å². The summed E-state index contributed by atoms with van der Waals surface area (Å²) in [6.07, 6.45) is -1.36. The molecule has 11 heteroatoms. The number of amides is 3. The Morgan fingerprint density at radius 3 is 2.32 bits per heavy atom. The summed E-state index contributed by atoms with van der Waals surface area (Å²) in [5.74, 6) is 0.471. The molecule has 0 aliphatic rings. The van der Waals surface area contributed by atoms with E-state index in [4.69, 9.17) is 4.74 Å². The van der Waals surface area contributed by atoms with Crippen LogP contribution in [0.15, 0.2) is 61.1 Å². The molecule has 0 saturated heterocycles. The highest BCUT2D eigenvalue weighted by molar-refractivity contribution is 5.99. The van der Waals surface area contributed by atoms with Gasteiger partial charge >= 0.3 is 12.2 Å². The summed E-state index contributed by atoms with van der Waals surface area (Å²) >= 11 is 0. The highest BCUT2D eigenvalue weighted by Crippen LogP contribution is 2.30. The van der Waals surface area contributed by atoms with E-state index in [-0.39, 0.29) is 17.3 Å². The molecule has 0 aliphatic heterocycles. The molecule has 0 atom stereocenters. The number of benzene rings is 1. The van der Waals surface area contributed by atoms with Crippen LogP contribution in [0.2, 0.25) is 0 Å². The maximum absolute atomic E-state index is 12.7. The Kier molecular flexibility index (Phi) is 6.34. The van der Waals surface area contributed by atoms with Gasteiger partial charge in [-0.15, -0.1) is 0 Å². The first-order valence-electron chi connectivity index (χ1n) is 8.81. The summed E-state index contributed by atoms with van der Waals surface area (Å²) in [7, 11) is 1.49. The number of halogens is 3. The molecule has 0 aliphatic carbocycles. The fourth-order valence-electron chi connectivity index (χ4n) is 2.43. The van der Waals surface area contributed by atoms with E-state index < -0.39 is 17.8 Å². The van der Waals surface area contributed by atoms with Gasteiger partial charge in [0.2, 0.25) is 0 Å². The largest absolute Gasteiger partial charge is 0.457 e. The van der Waals surface area contributed by atoms with Crippen molar-refractivity contribution < 1.29 is 27.5 Å². The van der Waals surface area contributed by atoms with Crippen LogP contribution in [0.5, 0.6) is 11.5 Å². The fourth-order valence-corrected chi connectivity index (χ4v) is 2.43. The first-order valence-corrected chi connectivity index (χ1v) is 8.81. The molecule has 0 bridgehead atoms. The molecule has 2 aromatic heterocycles. The topological polar surface area (TPSA) is 105 Å². The molecule has 3 aromatic rings. The average Bonchev–Trinajstić information content (AvgIpc) is 2.74. The minimum absolute atomic E-state index is 0.100. The van der Waals surface area contributed by atoms with Gasteiger partial charge in [-0.1, -0.05) is 0 Å². The summed E-state index contributed by atoms with van der Waals surface area (Å²) < 4.78 is 43.8. The highest BCUT2D eigenvalue weighted by Gasteiger charge is 2.31. The van der Waals surface area contributed by atoms with E-state index in [0.29, 0.717) is 23.4 Å². The van der Waals surface area contributed by atoms with E-state index in [1.54, 1.807) is 30.3 Å². The molecule has 0 saturated carbocycles. The SMILES string of the molecule is CNC(=O)c1cc(Oc2ccc(NC(=O)Nc3cncc(C(F)(F)F)c3)cc2)ccn1. The first kappa shape index (κ1) is 21.6. The Hall–Kier alpha value is -4.15. The minimum Gasteiger partial charge on any atom is -0.457 e. The smallest absolute Gasteiger partial charge is 0.417 e. The molecule has 2 heterocycles. The van der Waals surface area contributed by atoms with Gasteiger partial charge in [0.15, 0.2) is 0 Å². The maximum Gasteiger partial charge on any atom is 0.417 e. The monoisotopic (exact) mass is 431 g/mol. The fraction of sp³-hybridized carbons (Fsp3) is 0.100. The molecule has 0 unspecified atom stereocenters. The molecular weight excluding hydrogens is 415 g/mol. The van der Waals surface area contributed by atoms with Crippen LogP contribution in [0.4, 0.5) is 29.3 Å². The summed E-state index contributed by atoms with van der Waals surface area (Å²) in [5.41, 5.74) is -0.496. The number of hydrogen-bond acceptors (Lipinski definition) is 5. The number of aromatic nitrogens is 2. The summed E-state index contributed by atoms with van der Waals surface area (Å²) in [5, 5.41) is 7.25. The number of hydrogen-bond donors (Lipinski definition) is 3. The second kappa shape index (κ2) is 9.11. The van der Waals surface area contributed by atoms with Crippen LogP contribution in [0.25, 0.3) is 0 Å². The number of ether oxygens (including phenoxy) is 1. The van der Waals surface area contributed by atoms with E-state index in [0.717, 1.165) is 12.3 Å². The molecule has 1 aromatic carbocycles. The predicted molar refractivity (Wildman–Crippen MR) is 106 cm³/mol. The number of nitrogens with zero attached hydrogens (tertiary/aromatic N) is 2. The lowest BCUT2D eigenvalue weighted by atomic mass is 10.2. The lowest BCUT2D eigenvalue weighted by Crippen LogP contribution is -2.20. The zero-order valence-electron chi connectivity index (χ0n) is 16.0. The van der Waals surface area contributed by atoms with E-state index >= 15 is 0 Å². The summed E-state index contributed by atoms with van der Waals surface area (Å²) in [6.45, 7) is 0. The van der Waals surface area contributed by atoms with Crippen molar-refractivity contribution in [2.24, 2.45) is 0 Å². The number of rotatable bonds is 5. The van der Waals surface area contributed by atoms with Crippen molar-refractivity contribution in [1.82, 2.24) is 15.3 Å². The molecule has 0 spiro atoms. The van der Waals surface area contributed by atoms with Crippen LogP contribution in [-0.2, 0) is 6.18 Å². The zero-order valence-corrected chi connectivity index (χ0v) is 16.0. The van der Waals surface area contributed by atoms with Gasteiger partial charge in [-0.3, -0.25) is 14.8 Å². The average molecular weight is 431 g/mol. The van der Waals surface area contributed by atoms with Gasteiger partial charge in [-0.05, 0) is 36.4 Å². The zero-order chi connectivity index (χ0) is 22.4. The second-order valence-electron chi connectivity index (χ2n) is 6.12. The van der Waals surface area contributed by atoms with E-state index in [2.05, 4.69) is 25.9 Å². The molecule has 31 heavy (non-hydrogen) atoms. The summed E-state index contributed by atoms with van der Waals surface area (Å²) in [4.78, 5) is 31.1. The van der Waals surface area contributed by atoms with Gasteiger partial charge in [-0.2, -0.15) is 13.2 Å². The molecular formula is C20H16F3N5O3. The predicted octanol–water partition coefficient (Wildman–Crippen LogP) is 4.29. The van der Waals surface area contributed by atoms with Crippen LogP contribution < -0.4 is 20.7 Å². The molecule has 0 radical (unpaired) electrons. The second-order valence-corrected chi connectivity index (χ2v) is 6.12.